The van der Waals surface area contributed by atoms with Crippen molar-refractivity contribution in [2.24, 2.45) is 7.05 Å². The Hall–Kier alpha value is -2.04. The van der Waals surface area contributed by atoms with Crippen LogP contribution in [0, 0.1) is 6.92 Å². The number of pyridine rings is 1. The molecule has 0 fully saturated rings. The molecule has 0 aliphatic rings. The first-order valence-electron chi connectivity index (χ1n) is 5.08. The molecular formula is C11H15N5. The van der Waals surface area contributed by atoms with Crippen LogP contribution >= 0.6 is 0 Å². The van der Waals surface area contributed by atoms with Crippen molar-refractivity contribution in [2.75, 3.05) is 11.1 Å². The molecule has 0 saturated heterocycles. The second kappa shape index (κ2) is 4.22. The van der Waals surface area contributed by atoms with Crippen molar-refractivity contribution in [3.8, 4) is 0 Å². The van der Waals surface area contributed by atoms with Crippen molar-refractivity contribution in [1.29, 1.82) is 0 Å². The fourth-order valence-corrected chi connectivity index (χ4v) is 1.57. The van der Waals surface area contributed by atoms with Crippen LogP contribution < -0.4 is 11.1 Å². The zero-order valence-electron chi connectivity index (χ0n) is 9.44. The summed E-state index contributed by atoms with van der Waals surface area (Å²) >= 11 is 0. The summed E-state index contributed by atoms with van der Waals surface area (Å²) in [5.41, 5.74) is 9.43. The Morgan fingerprint density at radius 1 is 1.44 bits per heavy atom. The first-order chi connectivity index (χ1) is 7.65. The van der Waals surface area contributed by atoms with Gasteiger partial charge in [0.15, 0.2) is 0 Å². The van der Waals surface area contributed by atoms with Crippen LogP contribution in [-0.2, 0) is 13.6 Å². The van der Waals surface area contributed by atoms with Gasteiger partial charge in [0.05, 0.1) is 23.3 Å². The van der Waals surface area contributed by atoms with E-state index in [2.05, 4.69) is 15.4 Å². The van der Waals surface area contributed by atoms with Gasteiger partial charge in [0, 0.05) is 31.5 Å². The molecule has 2 heterocycles. The predicted octanol–water partition coefficient (Wildman–Crippen LogP) is 1.32. The standard InChI is InChI=1S/C11H15N5/c1-8-9(7-16(2)15-8)4-14-11-3-10(12)5-13-6-11/h3,5-7,14H,4,12H2,1-2H3. The molecule has 5 heteroatoms. The second-order valence-electron chi connectivity index (χ2n) is 3.77. The number of nitrogens with two attached hydrogens (primary N) is 1. The molecule has 2 aromatic rings. The Labute approximate surface area is 94.3 Å². The second-order valence-corrected chi connectivity index (χ2v) is 3.77. The molecule has 3 N–H and O–H groups in total. The largest absolute Gasteiger partial charge is 0.397 e. The summed E-state index contributed by atoms with van der Waals surface area (Å²) in [6.45, 7) is 2.72. The van der Waals surface area contributed by atoms with E-state index in [-0.39, 0.29) is 0 Å². The molecule has 0 bridgehead atoms. The van der Waals surface area contributed by atoms with Crippen molar-refractivity contribution in [3.05, 3.63) is 35.9 Å². The molecule has 0 atom stereocenters. The number of anilines is 2. The number of aromatic nitrogens is 3. The van der Waals surface area contributed by atoms with Gasteiger partial charge in [-0.05, 0) is 13.0 Å². The van der Waals surface area contributed by atoms with Gasteiger partial charge in [-0.2, -0.15) is 5.10 Å². The predicted molar refractivity (Wildman–Crippen MR) is 63.9 cm³/mol. The van der Waals surface area contributed by atoms with Crippen molar-refractivity contribution in [1.82, 2.24) is 14.8 Å². The zero-order valence-corrected chi connectivity index (χ0v) is 9.44. The summed E-state index contributed by atoms with van der Waals surface area (Å²) in [7, 11) is 1.92. The number of hydrogen-bond acceptors (Lipinski definition) is 4. The number of rotatable bonds is 3. The van der Waals surface area contributed by atoms with E-state index in [0.29, 0.717) is 5.69 Å². The third kappa shape index (κ3) is 2.31. The molecule has 5 nitrogen and oxygen atoms in total. The quantitative estimate of drug-likeness (QED) is 0.813. The van der Waals surface area contributed by atoms with Crippen molar-refractivity contribution in [3.63, 3.8) is 0 Å². The minimum Gasteiger partial charge on any atom is -0.397 e. The molecule has 0 unspecified atom stereocenters. The normalized spacial score (nSPS) is 10.4. The molecule has 2 aromatic heterocycles. The molecule has 84 valence electrons. The molecule has 0 amide bonds. The van der Waals surface area contributed by atoms with E-state index >= 15 is 0 Å². The SMILES string of the molecule is Cc1nn(C)cc1CNc1cncc(N)c1. The fraction of sp³-hybridized carbons (Fsp3) is 0.273. The van der Waals surface area contributed by atoms with E-state index in [1.165, 1.54) is 5.56 Å². The van der Waals surface area contributed by atoms with Crippen LogP contribution in [0.5, 0.6) is 0 Å². The highest BCUT2D eigenvalue weighted by Crippen LogP contribution is 2.12. The maximum Gasteiger partial charge on any atom is 0.0643 e. The van der Waals surface area contributed by atoms with Crippen molar-refractivity contribution in [2.45, 2.75) is 13.5 Å². The molecule has 0 aliphatic carbocycles. The number of nitrogens with one attached hydrogen (secondary N) is 1. The van der Waals surface area contributed by atoms with Crippen LogP contribution in [0.4, 0.5) is 11.4 Å². The van der Waals surface area contributed by atoms with Gasteiger partial charge in [0.2, 0.25) is 0 Å². The Balaban J connectivity index is 2.05. The molecule has 16 heavy (non-hydrogen) atoms. The zero-order chi connectivity index (χ0) is 11.5. The maximum atomic E-state index is 5.64. The van der Waals surface area contributed by atoms with Crippen LogP contribution in [-0.4, -0.2) is 14.8 Å². The van der Waals surface area contributed by atoms with Crippen LogP contribution in [0.25, 0.3) is 0 Å². The summed E-state index contributed by atoms with van der Waals surface area (Å²) < 4.78 is 1.81. The van der Waals surface area contributed by atoms with E-state index < -0.39 is 0 Å². The van der Waals surface area contributed by atoms with E-state index in [1.54, 1.807) is 12.4 Å². The Morgan fingerprint density at radius 3 is 2.88 bits per heavy atom. The fourth-order valence-electron chi connectivity index (χ4n) is 1.57. The highest BCUT2D eigenvalue weighted by atomic mass is 15.2. The Morgan fingerprint density at radius 2 is 2.25 bits per heavy atom. The summed E-state index contributed by atoms with van der Waals surface area (Å²) in [5, 5.41) is 7.54. The van der Waals surface area contributed by atoms with Gasteiger partial charge in [-0.1, -0.05) is 0 Å². The third-order valence-corrected chi connectivity index (χ3v) is 2.36. The summed E-state index contributed by atoms with van der Waals surface area (Å²) in [6, 6.07) is 1.86. The maximum absolute atomic E-state index is 5.64. The van der Waals surface area contributed by atoms with Gasteiger partial charge in [-0.25, -0.2) is 0 Å². The smallest absolute Gasteiger partial charge is 0.0643 e. The van der Waals surface area contributed by atoms with E-state index in [0.717, 1.165) is 17.9 Å². The van der Waals surface area contributed by atoms with Crippen LogP contribution in [0.1, 0.15) is 11.3 Å². The Bertz CT molecular complexity index is 489. The van der Waals surface area contributed by atoms with E-state index in [9.17, 15) is 0 Å². The topological polar surface area (TPSA) is 68.8 Å². The van der Waals surface area contributed by atoms with Crippen LogP contribution in [0.2, 0.25) is 0 Å². The first-order valence-corrected chi connectivity index (χ1v) is 5.08. The lowest BCUT2D eigenvalue weighted by molar-refractivity contribution is 0.756. The molecule has 0 radical (unpaired) electrons. The number of nitrogen functional groups attached to an aromatic ring is 1. The molecular weight excluding hydrogens is 202 g/mol. The molecule has 0 spiro atoms. The highest BCUT2D eigenvalue weighted by molar-refractivity contribution is 5.51. The Kier molecular flexibility index (Phi) is 2.76. The average Bonchev–Trinajstić information content (AvgIpc) is 2.54. The summed E-state index contributed by atoms with van der Waals surface area (Å²) in [5.74, 6) is 0. The van der Waals surface area contributed by atoms with Crippen LogP contribution in [0.3, 0.4) is 0 Å². The van der Waals surface area contributed by atoms with Crippen molar-refractivity contribution < 1.29 is 0 Å². The summed E-state index contributed by atoms with van der Waals surface area (Å²) in [4.78, 5) is 4.02. The highest BCUT2D eigenvalue weighted by Gasteiger charge is 2.02. The van der Waals surface area contributed by atoms with Gasteiger partial charge >= 0.3 is 0 Å². The first kappa shape index (κ1) is 10.5. The lowest BCUT2D eigenvalue weighted by atomic mass is 10.2. The summed E-state index contributed by atoms with van der Waals surface area (Å²) in [6.07, 6.45) is 5.38. The molecule has 0 aromatic carbocycles. The van der Waals surface area contributed by atoms with E-state index in [4.69, 9.17) is 5.73 Å². The van der Waals surface area contributed by atoms with Crippen molar-refractivity contribution >= 4 is 11.4 Å². The van der Waals surface area contributed by atoms with Gasteiger partial charge in [-0.15, -0.1) is 0 Å². The van der Waals surface area contributed by atoms with Crippen LogP contribution in [0.15, 0.2) is 24.7 Å². The monoisotopic (exact) mass is 217 g/mol. The number of hydrogen-bond donors (Lipinski definition) is 2. The van der Waals surface area contributed by atoms with Gasteiger partial charge in [-0.3, -0.25) is 9.67 Å². The van der Waals surface area contributed by atoms with Gasteiger partial charge < -0.3 is 11.1 Å². The average molecular weight is 217 g/mol. The van der Waals surface area contributed by atoms with E-state index in [1.807, 2.05) is 30.9 Å². The minimum absolute atomic E-state index is 0.660. The lowest BCUT2D eigenvalue weighted by Crippen LogP contribution is -2.01. The van der Waals surface area contributed by atoms with Gasteiger partial charge in [0.25, 0.3) is 0 Å². The minimum atomic E-state index is 0.660. The molecule has 2 rings (SSSR count). The lowest BCUT2D eigenvalue weighted by Gasteiger charge is -2.05. The number of aryl methyl sites for hydroxylation is 2. The third-order valence-electron chi connectivity index (χ3n) is 2.36. The molecule has 0 aliphatic heterocycles. The molecule has 0 saturated carbocycles. The van der Waals surface area contributed by atoms with Gasteiger partial charge in [0.1, 0.15) is 0 Å². The number of nitrogens with zero attached hydrogens (tertiary/aromatic N) is 3.